The first-order chi connectivity index (χ1) is 8.21. The summed E-state index contributed by atoms with van der Waals surface area (Å²) in [7, 11) is -3.75. The number of aromatic carboxylic acids is 1. The van der Waals surface area contributed by atoms with Crippen LogP contribution in [0.25, 0.3) is 0 Å². The Kier molecular flexibility index (Phi) is 4.34. The number of carbonyl (C=O) groups is 1. The smallest absolute Gasteiger partial charge is 0.337 e. The van der Waals surface area contributed by atoms with E-state index in [-0.39, 0.29) is 4.90 Å². The fraction of sp³-hybridized carbons (Fsp3) is 0.364. The zero-order valence-electron chi connectivity index (χ0n) is 9.78. The molecule has 0 aliphatic heterocycles. The Morgan fingerprint density at radius 2 is 2.06 bits per heavy atom. The molecule has 18 heavy (non-hydrogen) atoms. The third kappa shape index (κ3) is 2.64. The lowest BCUT2D eigenvalue weighted by atomic mass is 10.2. The molecule has 0 bridgehead atoms. The number of hydrogen-bond donors (Lipinski definition) is 1. The van der Waals surface area contributed by atoms with Crippen molar-refractivity contribution in [2.24, 2.45) is 0 Å². The normalized spacial score (nSPS) is 13.3. The van der Waals surface area contributed by atoms with E-state index in [4.69, 9.17) is 16.7 Å². The molecule has 1 aromatic rings. The summed E-state index contributed by atoms with van der Waals surface area (Å²) in [6.07, 6.45) is 0.342. The van der Waals surface area contributed by atoms with Crippen LogP contribution in [-0.4, -0.2) is 24.7 Å². The van der Waals surface area contributed by atoms with Gasteiger partial charge < -0.3 is 5.11 Å². The van der Waals surface area contributed by atoms with Gasteiger partial charge in [-0.15, -0.1) is 0 Å². The average molecular weight is 295 g/mol. The van der Waals surface area contributed by atoms with Gasteiger partial charge >= 0.3 is 5.97 Å². The molecule has 1 N–H and O–H groups in total. The van der Waals surface area contributed by atoms with Crippen LogP contribution in [0.3, 0.4) is 0 Å². The maximum absolute atomic E-state index is 13.4. The first-order valence-electron chi connectivity index (χ1n) is 5.18. The predicted octanol–water partition coefficient (Wildman–Crippen LogP) is 2.75. The highest BCUT2D eigenvalue weighted by Gasteiger charge is 2.25. The van der Waals surface area contributed by atoms with Gasteiger partial charge in [0, 0.05) is 0 Å². The highest BCUT2D eigenvalue weighted by Crippen LogP contribution is 2.27. The van der Waals surface area contributed by atoms with Gasteiger partial charge in [-0.05, 0) is 25.5 Å². The number of hydrogen-bond acceptors (Lipinski definition) is 3. The van der Waals surface area contributed by atoms with Crippen molar-refractivity contribution in [3.8, 4) is 0 Å². The van der Waals surface area contributed by atoms with Gasteiger partial charge in [-0.2, -0.15) is 0 Å². The van der Waals surface area contributed by atoms with Gasteiger partial charge in [0.25, 0.3) is 0 Å². The number of sulfone groups is 1. The Bertz CT molecular complexity index is 583. The summed E-state index contributed by atoms with van der Waals surface area (Å²) in [6.45, 7) is 3.15. The van der Waals surface area contributed by atoms with E-state index in [0.717, 1.165) is 12.1 Å². The van der Waals surface area contributed by atoms with Crippen molar-refractivity contribution in [1.82, 2.24) is 0 Å². The van der Waals surface area contributed by atoms with Crippen LogP contribution in [0.1, 0.15) is 30.6 Å². The molecule has 7 heteroatoms. The number of benzene rings is 1. The van der Waals surface area contributed by atoms with Crippen molar-refractivity contribution in [2.75, 3.05) is 0 Å². The van der Waals surface area contributed by atoms with E-state index in [2.05, 4.69) is 0 Å². The van der Waals surface area contributed by atoms with Gasteiger partial charge in [0.2, 0.25) is 0 Å². The molecule has 100 valence electrons. The maximum atomic E-state index is 13.4. The molecule has 0 aliphatic rings. The highest BCUT2D eigenvalue weighted by molar-refractivity contribution is 7.92. The quantitative estimate of drug-likeness (QED) is 0.927. The number of halogens is 2. The zero-order valence-corrected chi connectivity index (χ0v) is 11.3. The second-order valence-electron chi connectivity index (χ2n) is 3.84. The third-order valence-electron chi connectivity index (χ3n) is 2.67. The summed E-state index contributed by atoms with van der Waals surface area (Å²) >= 11 is 5.47. The third-order valence-corrected chi connectivity index (χ3v) is 5.33. The fourth-order valence-electron chi connectivity index (χ4n) is 1.34. The number of carboxylic acid groups (broad SMARTS) is 1. The van der Waals surface area contributed by atoms with Crippen LogP contribution in [0.15, 0.2) is 17.0 Å². The van der Waals surface area contributed by atoms with Crippen LogP contribution in [0.2, 0.25) is 5.02 Å². The van der Waals surface area contributed by atoms with Gasteiger partial charge in [0.1, 0.15) is 5.82 Å². The molecule has 0 heterocycles. The van der Waals surface area contributed by atoms with E-state index in [9.17, 15) is 17.6 Å². The van der Waals surface area contributed by atoms with Crippen LogP contribution < -0.4 is 0 Å². The van der Waals surface area contributed by atoms with E-state index < -0.39 is 37.5 Å². The molecular weight excluding hydrogens is 283 g/mol. The first-order valence-corrected chi connectivity index (χ1v) is 7.10. The molecule has 4 nitrogen and oxygen atoms in total. The lowest BCUT2D eigenvalue weighted by Gasteiger charge is -2.12. The standard InChI is InChI=1S/C11H12ClFO4S/c1-3-6(2)18(16,17)7-4-8(11(14)15)10(12)9(13)5-7/h4-6H,3H2,1-2H3,(H,14,15). The summed E-state index contributed by atoms with van der Waals surface area (Å²) in [5.41, 5.74) is -0.557. The van der Waals surface area contributed by atoms with E-state index in [1.807, 2.05) is 0 Å². The van der Waals surface area contributed by atoms with Gasteiger partial charge in [-0.1, -0.05) is 18.5 Å². The van der Waals surface area contributed by atoms with Crippen LogP contribution in [0, 0.1) is 5.82 Å². The predicted molar refractivity (Wildman–Crippen MR) is 65.3 cm³/mol. The topological polar surface area (TPSA) is 71.4 Å². The van der Waals surface area contributed by atoms with Crippen molar-refractivity contribution < 1.29 is 22.7 Å². The van der Waals surface area contributed by atoms with Gasteiger partial charge in [-0.3, -0.25) is 0 Å². The van der Waals surface area contributed by atoms with Crippen LogP contribution >= 0.6 is 11.6 Å². The number of rotatable bonds is 4. The minimum absolute atomic E-state index is 0.342. The van der Waals surface area contributed by atoms with Crippen LogP contribution in [-0.2, 0) is 9.84 Å². The van der Waals surface area contributed by atoms with E-state index >= 15 is 0 Å². The molecule has 0 radical (unpaired) electrons. The summed E-state index contributed by atoms with van der Waals surface area (Å²) in [4.78, 5) is 10.5. The summed E-state index contributed by atoms with van der Waals surface area (Å²) in [6, 6.07) is 1.63. The van der Waals surface area contributed by atoms with E-state index in [1.165, 1.54) is 6.92 Å². The fourth-order valence-corrected chi connectivity index (χ4v) is 2.98. The molecule has 0 saturated carbocycles. The second-order valence-corrected chi connectivity index (χ2v) is 6.58. The maximum Gasteiger partial charge on any atom is 0.337 e. The van der Waals surface area contributed by atoms with Crippen molar-refractivity contribution >= 4 is 27.4 Å². The minimum atomic E-state index is -3.75. The van der Waals surface area contributed by atoms with Gasteiger partial charge in [-0.25, -0.2) is 17.6 Å². The Hall–Kier alpha value is -1.14. The van der Waals surface area contributed by atoms with Crippen LogP contribution in [0.4, 0.5) is 4.39 Å². The van der Waals surface area contributed by atoms with Crippen LogP contribution in [0.5, 0.6) is 0 Å². The van der Waals surface area contributed by atoms with Crippen molar-refractivity contribution in [3.63, 3.8) is 0 Å². The number of carboxylic acids is 1. The molecule has 1 aromatic carbocycles. The second kappa shape index (κ2) is 5.24. The minimum Gasteiger partial charge on any atom is -0.478 e. The SMILES string of the molecule is CCC(C)S(=O)(=O)c1cc(F)c(Cl)c(C(=O)O)c1. The Morgan fingerprint density at radius 3 is 2.50 bits per heavy atom. The summed E-state index contributed by atoms with van der Waals surface area (Å²) in [5, 5.41) is 7.52. The molecule has 0 spiro atoms. The Morgan fingerprint density at radius 1 is 1.50 bits per heavy atom. The molecule has 0 aromatic heterocycles. The van der Waals surface area contributed by atoms with Gasteiger partial charge in [0.05, 0.1) is 20.7 Å². The average Bonchev–Trinajstić information content (AvgIpc) is 2.30. The largest absolute Gasteiger partial charge is 0.478 e. The molecule has 0 fully saturated rings. The molecule has 0 amide bonds. The lowest BCUT2D eigenvalue weighted by Crippen LogP contribution is -2.18. The molecule has 1 unspecified atom stereocenters. The van der Waals surface area contributed by atoms with Crippen molar-refractivity contribution in [2.45, 2.75) is 30.4 Å². The van der Waals surface area contributed by atoms with E-state index in [0.29, 0.717) is 6.42 Å². The lowest BCUT2D eigenvalue weighted by molar-refractivity contribution is 0.0696. The van der Waals surface area contributed by atoms with E-state index in [1.54, 1.807) is 6.92 Å². The monoisotopic (exact) mass is 294 g/mol. The van der Waals surface area contributed by atoms with Gasteiger partial charge in [0.15, 0.2) is 9.84 Å². The molecule has 1 rings (SSSR count). The molecular formula is C11H12ClFO4S. The summed E-state index contributed by atoms with van der Waals surface area (Å²) in [5.74, 6) is -2.53. The molecule has 0 saturated heterocycles. The van der Waals surface area contributed by atoms with Crippen molar-refractivity contribution in [1.29, 1.82) is 0 Å². The molecule has 1 atom stereocenters. The molecule has 0 aliphatic carbocycles. The zero-order chi connectivity index (χ0) is 14.1. The Labute approximate surface area is 109 Å². The Balaban J connectivity index is 3.50. The summed E-state index contributed by atoms with van der Waals surface area (Å²) < 4.78 is 37.4. The first kappa shape index (κ1) is 14.9. The highest BCUT2D eigenvalue weighted by atomic mass is 35.5. The van der Waals surface area contributed by atoms with Crippen molar-refractivity contribution in [3.05, 3.63) is 28.5 Å².